The highest BCUT2D eigenvalue weighted by atomic mass is 19.4. The summed E-state index contributed by atoms with van der Waals surface area (Å²) in [5.74, 6) is -1.69. The average Bonchev–Trinajstić information content (AvgIpc) is 2.45. The van der Waals surface area contributed by atoms with Crippen LogP contribution in [0.4, 0.5) is 13.2 Å². The third-order valence-electron chi connectivity index (χ3n) is 3.07. The highest BCUT2D eigenvalue weighted by Crippen LogP contribution is 2.38. The van der Waals surface area contributed by atoms with Crippen LogP contribution in [-0.4, -0.2) is 23.3 Å². The summed E-state index contributed by atoms with van der Waals surface area (Å²) < 4.78 is 43.4. The van der Waals surface area contributed by atoms with Gasteiger partial charge in [0.1, 0.15) is 17.1 Å². The van der Waals surface area contributed by atoms with Crippen molar-refractivity contribution in [2.45, 2.75) is 6.18 Å². The molecule has 0 aliphatic rings. The Morgan fingerprint density at radius 3 is 2.32 bits per heavy atom. The maximum atomic E-state index is 12.8. The van der Waals surface area contributed by atoms with Crippen LogP contribution in [0.3, 0.4) is 0 Å². The molecule has 0 atom stereocenters. The number of hydrogen-bond acceptors (Lipinski definition) is 3. The van der Waals surface area contributed by atoms with Crippen molar-refractivity contribution in [1.82, 2.24) is 0 Å². The third-order valence-corrected chi connectivity index (χ3v) is 3.07. The van der Waals surface area contributed by atoms with Crippen molar-refractivity contribution in [3.8, 4) is 22.6 Å². The van der Waals surface area contributed by atoms with Gasteiger partial charge in [0.2, 0.25) is 0 Å². The predicted octanol–water partition coefficient (Wildman–Crippen LogP) is 3.78. The summed E-state index contributed by atoms with van der Waals surface area (Å²) in [6, 6.07) is 6.44. The van der Waals surface area contributed by atoms with Gasteiger partial charge in [-0.25, -0.2) is 4.79 Å². The number of methoxy groups -OCH3 is 1. The smallest absolute Gasteiger partial charge is 0.416 e. The lowest BCUT2D eigenvalue weighted by molar-refractivity contribution is -0.137. The van der Waals surface area contributed by atoms with Crippen LogP contribution in [0.25, 0.3) is 11.1 Å². The van der Waals surface area contributed by atoms with Crippen LogP contribution in [0.15, 0.2) is 36.4 Å². The van der Waals surface area contributed by atoms with E-state index in [9.17, 15) is 23.1 Å². The van der Waals surface area contributed by atoms with Gasteiger partial charge in [0.05, 0.1) is 12.7 Å². The van der Waals surface area contributed by atoms with E-state index in [-0.39, 0.29) is 22.4 Å². The van der Waals surface area contributed by atoms with Gasteiger partial charge in [-0.15, -0.1) is 0 Å². The summed E-state index contributed by atoms with van der Waals surface area (Å²) in [5, 5.41) is 18.5. The topological polar surface area (TPSA) is 66.8 Å². The Morgan fingerprint density at radius 2 is 1.82 bits per heavy atom. The van der Waals surface area contributed by atoms with Gasteiger partial charge in [0.15, 0.2) is 0 Å². The van der Waals surface area contributed by atoms with Crippen molar-refractivity contribution in [3.63, 3.8) is 0 Å². The van der Waals surface area contributed by atoms with Gasteiger partial charge in [-0.1, -0.05) is 6.07 Å². The van der Waals surface area contributed by atoms with E-state index in [0.29, 0.717) is 0 Å². The third kappa shape index (κ3) is 2.98. The lowest BCUT2D eigenvalue weighted by atomic mass is 9.99. The van der Waals surface area contributed by atoms with Crippen LogP contribution in [0.2, 0.25) is 0 Å². The van der Waals surface area contributed by atoms with Crippen molar-refractivity contribution >= 4 is 5.97 Å². The molecule has 0 bridgehead atoms. The zero-order valence-corrected chi connectivity index (χ0v) is 11.3. The molecule has 0 saturated carbocycles. The number of aromatic hydroxyl groups is 1. The van der Waals surface area contributed by atoms with Crippen molar-refractivity contribution in [3.05, 3.63) is 47.5 Å². The maximum Gasteiger partial charge on any atom is 0.416 e. The highest BCUT2D eigenvalue weighted by molar-refractivity contribution is 5.92. The lowest BCUT2D eigenvalue weighted by Crippen LogP contribution is -2.05. The number of rotatable bonds is 3. The molecule has 22 heavy (non-hydrogen) atoms. The molecule has 0 saturated heterocycles. The largest absolute Gasteiger partial charge is 0.507 e. The summed E-state index contributed by atoms with van der Waals surface area (Å²) in [6.07, 6.45) is -4.52. The number of carboxylic acids is 1. The minimum Gasteiger partial charge on any atom is -0.507 e. The highest BCUT2D eigenvalue weighted by Gasteiger charge is 2.31. The van der Waals surface area contributed by atoms with Crippen LogP contribution in [-0.2, 0) is 6.18 Å². The number of aromatic carboxylic acids is 1. The molecular weight excluding hydrogens is 301 g/mol. The SMILES string of the molecule is COc1ccc(C(F)(F)F)cc1-c1ccc(C(=O)O)c(O)c1. The Hall–Kier alpha value is -2.70. The summed E-state index contributed by atoms with van der Waals surface area (Å²) in [6.45, 7) is 0. The standard InChI is InChI=1S/C15H11F3O4/c1-22-13-5-3-9(15(16,17)18)7-11(13)8-2-4-10(14(20)21)12(19)6-8/h2-7,19H,1H3,(H,20,21). The van der Waals surface area contributed by atoms with Gasteiger partial charge in [-0.2, -0.15) is 13.2 Å². The van der Waals surface area contributed by atoms with Crippen molar-refractivity contribution < 1.29 is 32.9 Å². The minimum atomic E-state index is -4.52. The van der Waals surface area contributed by atoms with E-state index in [1.165, 1.54) is 19.2 Å². The second kappa shape index (κ2) is 5.59. The molecule has 0 radical (unpaired) electrons. The van der Waals surface area contributed by atoms with E-state index in [2.05, 4.69) is 0 Å². The van der Waals surface area contributed by atoms with Crippen LogP contribution >= 0.6 is 0 Å². The number of phenols is 1. The number of alkyl halides is 3. The molecule has 2 N–H and O–H groups in total. The zero-order valence-electron chi connectivity index (χ0n) is 11.3. The van der Waals surface area contributed by atoms with Gasteiger partial charge in [0, 0.05) is 5.56 Å². The van der Waals surface area contributed by atoms with Crippen molar-refractivity contribution in [1.29, 1.82) is 0 Å². The zero-order chi connectivity index (χ0) is 16.5. The monoisotopic (exact) mass is 312 g/mol. The predicted molar refractivity (Wildman–Crippen MR) is 72.1 cm³/mol. The fraction of sp³-hybridized carbons (Fsp3) is 0.133. The van der Waals surface area contributed by atoms with E-state index >= 15 is 0 Å². The number of halogens is 3. The Balaban J connectivity index is 2.60. The van der Waals surface area contributed by atoms with Crippen LogP contribution in [0, 0.1) is 0 Å². The Bertz CT molecular complexity index is 723. The molecule has 7 heteroatoms. The number of benzene rings is 2. The molecule has 0 fully saturated rings. The average molecular weight is 312 g/mol. The molecule has 0 heterocycles. The van der Waals surface area contributed by atoms with E-state index in [4.69, 9.17) is 9.84 Å². The molecule has 2 aromatic rings. The first-order chi connectivity index (χ1) is 10.2. The first kappa shape index (κ1) is 15.7. The molecule has 116 valence electrons. The number of carboxylic acid groups (broad SMARTS) is 1. The second-order valence-corrected chi connectivity index (χ2v) is 4.45. The van der Waals surface area contributed by atoms with Gasteiger partial charge in [-0.3, -0.25) is 0 Å². The summed E-state index contributed by atoms with van der Waals surface area (Å²) in [5.41, 5.74) is -0.894. The molecule has 0 aliphatic heterocycles. The molecule has 2 aromatic carbocycles. The van der Waals surface area contributed by atoms with Crippen LogP contribution < -0.4 is 4.74 Å². The Kier molecular flexibility index (Phi) is 3.99. The van der Waals surface area contributed by atoms with Crippen LogP contribution in [0.5, 0.6) is 11.5 Å². The van der Waals surface area contributed by atoms with Crippen molar-refractivity contribution in [2.24, 2.45) is 0 Å². The number of carbonyl (C=O) groups is 1. The fourth-order valence-electron chi connectivity index (χ4n) is 1.99. The van der Waals surface area contributed by atoms with Crippen LogP contribution in [0.1, 0.15) is 15.9 Å². The molecule has 0 spiro atoms. The van der Waals surface area contributed by atoms with Crippen molar-refractivity contribution in [2.75, 3.05) is 7.11 Å². The molecule has 4 nitrogen and oxygen atoms in total. The fourth-order valence-corrected chi connectivity index (χ4v) is 1.99. The number of hydrogen-bond donors (Lipinski definition) is 2. The van der Waals surface area contributed by atoms with E-state index in [1.807, 2.05) is 0 Å². The maximum absolute atomic E-state index is 12.8. The normalized spacial score (nSPS) is 11.3. The second-order valence-electron chi connectivity index (χ2n) is 4.45. The van der Waals surface area contributed by atoms with E-state index in [1.54, 1.807) is 0 Å². The van der Waals surface area contributed by atoms with E-state index in [0.717, 1.165) is 24.3 Å². The quantitative estimate of drug-likeness (QED) is 0.905. The van der Waals surface area contributed by atoms with Gasteiger partial charge in [0.25, 0.3) is 0 Å². The minimum absolute atomic E-state index is 0.101. The summed E-state index contributed by atoms with van der Waals surface area (Å²) in [7, 11) is 1.30. The molecule has 0 unspecified atom stereocenters. The number of ether oxygens (including phenoxy) is 1. The molecular formula is C15H11F3O4. The molecule has 0 aliphatic carbocycles. The first-order valence-electron chi connectivity index (χ1n) is 6.06. The molecule has 0 aromatic heterocycles. The van der Waals surface area contributed by atoms with Gasteiger partial charge < -0.3 is 14.9 Å². The molecule has 2 rings (SSSR count). The first-order valence-corrected chi connectivity index (χ1v) is 6.06. The summed E-state index contributed by atoms with van der Waals surface area (Å²) in [4.78, 5) is 10.8. The van der Waals surface area contributed by atoms with E-state index < -0.39 is 23.5 Å². The Morgan fingerprint density at radius 1 is 1.14 bits per heavy atom. The van der Waals surface area contributed by atoms with Gasteiger partial charge >= 0.3 is 12.1 Å². The van der Waals surface area contributed by atoms with Gasteiger partial charge in [-0.05, 0) is 35.9 Å². The summed E-state index contributed by atoms with van der Waals surface area (Å²) >= 11 is 0. The Labute approximate surface area is 123 Å². The molecule has 0 amide bonds. The lowest BCUT2D eigenvalue weighted by Gasteiger charge is -2.13.